The van der Waals surface area contributed by atoms with Crippen LogP contribution in [-0.2, 0) is 6.42 Å². The van der Waals surface area contributed by atoms with Gasteiger partial charge in [-0.3, -0.25) is 4.79 Å². The lowest BCUT2D eigenvalue weighted by molar-refractivity contribution is 0.0998. The maximum atomic E-state index is 11.3. The number of aliphatic hydroxyl groups is 1. The Kier molecular flexibility index (Phi) is 4.15. The van der Waals surface area contributed by atoms with E-state index in [9.17, 15) is 4.79 Å². The average Bonchev–Trinajstić information content (AvgIpc) is 2.42. The molecule has 3 N–H and O–H groups in total. The van der Waals surface area contributed by atoms with E-state index >= 15 is 0 Å². The number of para-hydroxylation sites is 2. The third-order valence-electron chi connectivity index (χ3n) is 2.73. The SMILES string of the molecule is NC(=O)c1ccccc1Oc1ccccc1CCO. The van der Waals surface area contributed by atoms with Crippen LogP contribution in [0.5, 0.6) is 11.5 Å². The Balaban J connectivity index is 2.34. The summed E-state index contributed by atoms with van der Waals surface area (Å²) < 4.78 is 5.74. The summed E-state index contributed by atoms with van der Waals surface area (Å²) in [6.45, 7) is 0.0395. The van der Waals surface area contributed by atoms with Gasteiger partial charge in [0.25, 0.3) is 5.91 Å². The summed E-state index contributed by atoms with van der Waals surface area (Å²) in [4.78, 5) is 11.3. The highest BCUT2D eigenvalue weighted by Crippen LogP contribution is 2.28. The highest BCUT2D eigenvalue weighted by atomic mass is 16.5. The minimum Gasteiger partial charge on any atom is -0.456 e. The van der Waals surface area contributed by atoms with Crippen molar-refractivity contribution in [3.8, 4) is 11.5 Å². The highest BCUT2D eigenvalue weighted by Gasteiger charge is 2.11. The summed E-state index contributed by atoms with van der Waals surface area (Å²) in [5, 5.41) is 9.02. The molecule has 4 heteroatoms. The number of primary amides is 1. The summed E-state index contributed by atoms with van der Waals surface area (Å²) in [6, 6.07) is 14.2. The Bertz CT molecular complexity index is 581. The summed E-state index contributed by atoms with van der Waals surface area (Å²) in [5.74, 6) is 0.501. The lowest BCUT2D eigenvalue weighted by atomic mass is 10.1. The van der Waals surface area contributed by atoms with E-state index in [1.54, 1.807) is 30.3 Å². The van der Waals surface area contributed by atoms with Crippen molar-refractivity contribution in [1.29, 1.82) is 0 Å². The molecule has 4 nitrogen and oxygen atoms in total. The maximum Gasteiger partial charge on any atom is 0.252 e. The van der Waals surface area contributed by atoms with Crippen LogP contribution in [0.3, 0.4) is 0 Å². The first-order valence-corrected chi connectivity index (χ1v) is 5.98. The second kappa shape index (κ2) is 6.02. The van der Waals surface area contributed by atoms with Gasteiger partial charge in [-0.05, 0) is 30.2 Å². The van der Waals surface area contributed by atoms with Crippen molar-refractivity contribution in [1.82, 2.24) is 0 Å². The first-order valence-electron chi connectivity index (χ1n) is 5.98. The molecule has 0 atom stereocenters. The monoisotopic (exact) mass is 257 g/mol. The van der Waals surface area contributed by atoms with Crippen LogP contribution in [0, 0.1) is 0 Å². The normalized spacial score (nSPS) is 10.2. The van der Waals surface area contributed by atoms with Crippen molar-refractivity contribution in [3.63, 3.8) is 0 Å². The van der Waals surface area contributed by atoms with Gasteiger partial charge in [0, 0.05) is 6.61 Å². The largest absolute Gasteiger partial charge is 0.456 e. The standard InChI is InChI=1S/C15H15NO3/c16-15(18)12-6-2-4-8-14(12)19-13-7-3-1-5-11(13)9-10-17/h1-8,17H,9-10H2,(H2,16,18). The highest BCUT2D eigenvalue weighted by molar-refractivity contribution is 5.95. The molecule has 0 aliphatic rings. The van der Waals surface area contributed by atoms with Gasteiger partial charge in [-0.25, -0.2) is 0 Å². The Morgan fingerprint density at radius 1 is 1.05 bits per heavy atom. The predicted molar refractivity (Wildman–Crippen MR) is 72.3 cm³/mol. The molecular formula is C15H15NO3. The number of carbonyl (C=O) groups excluding carboxylic acids is 1. The van der Waals surface area contributed by atoms with E-state index in [1.165, 1.54) is 0 Å². The zero-order valence-corrected chi connectivity index (χ0v) is 10.4. The molecule has 0 fully saturated rings. The molecule has 19 heavy (non-hydrogen) atoms. The van der Waals surface area contributed by atoms with Crippen molar-refractivity contribution in [2.75, 3.05) is 6.61 Å². The third-order valence-corrected chi connectivity index (χ3v) is 2.73. The molecule has 0 saturated carbocycles. The van der Waals surface area contributed by atoms with Crippen molar-refractivity contribution >= 4 is 5.91 Å². The molecule has 0 aromatic heterocycles. The number of ether oxygens (including phenoxy) is 1. The van der Waals surface area contributed by atoms with Crippen molar-refractivity contribution in [2.45, 2.75) is 6.42 Å². The van der Waals surface area contributed by atoms with E-state index in [4.69, 9.17) is 15.6 Å². The van der Waals surface area contributed by atoms with E-state index in [2.05, 4.69) is 0 Å². The first-order chi connectivity index (χ1) is 9.22. The molecule has 1 amide bonds. The minimum atomic E-state index is -0.532. The molecule has 2 aromatic carbocycles. The van der Waals surface area contributed by atoms with Gasteiger partial charge in [-0.1, -0.05) is 30.3 Å². The van der Waals surface area contributed by atoms with Crippen LogP contribution >= 0.6 is 0 Å². The molecule has 0 saturated heterocycles. The molecule has 0 unspecified atom stereocenters. The topological polar surface area (TPSA) is 72.6 Å². The Morgan fingerprint density at radius 2 is 1.68 bits per heavy atom. The Hall–Kier alpha value is -2.33. The van der Waals surface area contributed by atoms with Gasteiger partial charge >= 0.3 is 0 Å². The first kappa shape index (κ1) is 13.1. The van der Waals surface area contributed by atoms with Gasteiger partial charge in [-0.2, -0.15) is 0 Å². The summed E-state index contributed by atoms with van der Waals surface area (Å²) in [7, 11) is 0. The van der Waals surface area contributed by atoms with Crippen molar-refractivity contribution in [2.24, 2.45) is 5.73 Å². The molecule has 0 bridgehead atoms. The van der Waals surface area contributed by atoms with Gasteiger partial charge in [0.2, 0.25) is 0 Å². The number of carbonyl (C=O) groups is 1. The molecule has 0 aliphatic heterocycles. The average molecular weight is 257 g/mol. The molecule has 0 spiro atoms. The van der Waals surface area contributed by atoms with E-state index in [1.807, 2.05) is 18.2 Å². The fourth-order valence-electron chi connectivity index (χ4n) is 1.81. The second-order valence-electron chi connectivity index (χ2n) is 4.04. The van der Waals surface area contributed by atoms with Gasteiger partial charge < -0.3 is 15.6 Å². The predicted octanol–water partition coefficient (Wildman–Crippen LogP) is 2.11. The number of hydrogen-bond acceptors (Lipinski definition) is 3. The molecule has 0 aliphatic carbocycles. The summed E-state index contributed by atoms with van der Waals surface area (Å²) in [6.07, 6.45) is 0.495. The van der Waals surface area contributed by atoms with E-state index in [0.29, 0.717) is 23.5 Å². The molecule has 2 rings (SSSR count). The zero-order chi connectivity index (χ0) is 13.7. The van der Waals surface area contributed by atoms with Gasteiger partial charge in [0.05, 0.1) is 5.56 Å². The van der Waals surface area contributed by atoms with Crippen LogP contribution < -0.4 is 10.5 Å². The van der Waals surface area contributed by atoms with Crippen LogP contribution in [0.4, 0.5) is 0 Å². The van der Waals surface area contributed by atoms with E-state index in [0.717, 1.165) is 5.56 Å². The lowest BCUT2D eigenvalue weighted by Gasteiger charge is -2.12. The van der Waals surface area contributed by atoms with Gasteiger partial charge in [-0.15, -0.1) is 0 Å². The maximum absolute atomic E-state index is 11.3. The lowest BCUT2D eigenvalue weighted by Crippen LogP contribution is -2.12. The van der Waals surface area contributed by atoms with E-state index < -0.39 is 5.91 Å². The van der Waals surface area contributed by atoms with Crippen LogP contribution in [0.25, 0.3) is 0 Å². The number of aliphatic hydroxyl groups excluding tert-OH is 1. The Morgan fingerprint density at radius 3 is 2.37 bits per heavy atom. The van der Waals surface area contributed by atoms with Gasteiger partial charge in [0.1, 0.15) is 11.5 Å². The van der Waals surface area contributed by atoms with Crippen molar-refractivity contribution < 1.29 is 14.6 Å². The minimum absolute atomic E-state index is 0.0395. The number of benzene rings is 2. The number of rotatable bonds is 5. The smallest absolute Gasteiger partial charge is 0.252 e. The third kappa shape index (κ3) is 3.11. The number of nitrogens with two attached hydrogens (primary N) is 1. The van der Waals surface area contributed by atoms with Crippen LogP contribution in [0.2, 0.25) is 0 Å². The number of amides is 1. The van der Waals surface area contributed by atoms with Crippen LogP contribution in [-0.4, -0.2) is 17.6 Å². The van der Waals surface area contributed by atoms with Crippen LogP contribution in [0.15, 0.2) is 48.5 Å². The molecular weight excluding hydrogens is 242 g/mol. The molecule has 2 aromatic rings. The fraction of sp³-hybridized carbons (Fsp3) is 0.133. The summed E-state index contributed by atoms with van der Waals surface area (Å²) in [5.41, 5.74) is 6.52. The second-order valence-corrected chi connectivity index (χ2v) is 4.04. The Labute approximate surface area is 111 Å². The molecule has 0 radical (unpaired) electrons. The molecule has 0 heterocycles. The van der Waals surface area contributed by atoms with Crippen molar-refractivity contribution in [3.05, 3.63) is 59.7 Å². The number of hydrogen-bond donors (Lipinski definition) is 2. The quantitative estimate of drug-likeness (QED) is 0.861. The van der Waals surface area contributed by atoms with E-state index in [-0.39, 0.29) is 6.61 Å². The fourth-order valence-corrected chi connectivity index (χ4v) is 1.81. The summed E-state index contributed by atoms with van der Waals surface area (Å²) >= 11 is 0. The zero-order valence-electron chi connectivity index (χ0n) is 10.4. The van der Waals surface area contributed by atoms with Crippen LogP contribution in [0.1, 0.15) is 15.9 Å². The van der Waals surface area contributed by atoms with Gasteiger partial charge in [0.15, 0.2) is 0 Å². The molecule has 98 valence electrons.